The topological polar surface area (TPSA) is 75.3 Å². The summed E-state index contributed by atoms with van der Waals surface area (Å²) in [5, 5.41) is 4.33. The van der Waals surface area contributed by atoms with E-state index in [4.69, 9.17) is 0 Å². The molecule has 1 heterocycles. The zero-order valence-corrected chi connectivity index (χ0v) is 10.4. The number of rotatable bonds is 4. The summed E-state index contributed by atoms with van der Waals surface area (Å²) in [5.41, 5.74) is -1.23. The highest BCUT2D eigenvalue weighted by molar-refractivity contribution is 6.19. The molecule has 0 spiro atoms. The van der Waals surface area contributed by atoms with E-state index in [-0.39, 0.29) is 11.8 Å². The van der Waals surface area contributed by atoms with Crippen LogP contribution in [0.3, 0.4) is 0 Å². The summed E-state index contributed by atoms with van der Waals surface area (Å²) in [6, 6.07) is -0.754. The van der Waals surface area contributed by atoms with Crippen LogP contribution in [0.15, 0.2) is 12.7 Å². The van der Waals surface area contributed by atoms with Crippen molar-refractivity contribution >= 4 is 17.8 Å². The molecule has 0 aromatic heterocycles. The molecule has 1 saturated heterocycles. The van der Waals surface area contributed by atoms with Gasteiger partial charge in [0.1, 0.15) is 5.41 Å². The van der Waals surface area contributed by atoms with E-state index < -0.39 is 23.3 Å². The van der Waals surface area contributed by atoms with E-state index in [9.17, 15) is 14.4 Å². The minimum Gasteiger partial charge on any atom is -0.277 e. The summed E-state index contributed by atoms with van der Waals surface area (Å²) in [4.78, 5) is 35.1. The predicted molar refractivity (Wildman–Crippen MR) is 62.9 cm³/mol. The van der Waals surface area contributed by atoms with Gasteiger partial charge in [-0.3, -0.25) is 20.2 Å². The lowest BCUT2D eigenvalue weighted by Crippen LogP contribution is -2.64. The number of barbiturate groups is 1. The number of allylic oxidation sites excluding steroid dienone is 1. The Morgan fingerprint density at radius 2 is 1.65 bits per heavy atom. The molecule has 0 aromatic rings. The second-order valence-electron chi connectivity index (χ2n) is 4.83. The Labute approximate surface area is 101 Å². The fourth-order valence-electron chi connectivity index (χ4n) is 2.19. The average Bonchev–Trinajstić information content (AvgIpc) is 2.22. The largest absolute Gasteiger partial charge is 0.328 e. The number of amides is 4. The quantitative estimate of drug-likeness (QED) is 0.571. The normalized spacial score (nSPS) is 20.8. The molecule has 1 atom stereocenters. The third-order valence-corrected chi connectivity index (χ3v) is 3.13. The summed E-state index contributed by atoms with van der Waals surface area (Å²) >= 11 is 0. The number of imide groups is 2. The third kappa shape index (κ3) is 2.23. The second kappa shape index (κ2) is 4.69. The maximum atomic E-state index is 12.0. The van der Waals surface area contributed by atoms with Crippen molar-refractivity contribution in [3.05, 3.63) is 12.7 Å². The highest BCUT2D eigenvalue weighted by Crippen LogP contribution is 2.37. The lowest BCUT2D eigenvalue weighted by atomic mass is 9.68. The molecule has 1 rings (SSSR count). The van der Waals surface area contributed by atoms with E-state index in [1.165, 1.54) is 0 Å². The van der Waals surface area contributed by atoms with Crippen molar-refractivity contribution in [1.82, 2.24) is 10.6 Å². The summed E-state index contributed by atoms with van der Waals surface area (Å²) in [7, 11) is 0. The SMILES string of the molecule is C=CC(C)C1(CC(C)C)C(=O)NC(=O)NC1=O. The van der Waals surface area contributed by atoms with E-state index in [0.29, 0.717) is 6.42 Å². The van der Waals surface area contributed by atoms with Gasteiger partial charge in [-0.1, -0.05) is 26.8 Å². The lowest BCUT2D eigenvalue weighted by molar-refractivity contribution is -0.148. The smallest absolute Gasteiger partial charge is 0.277 e. The van der Waals surface area contributed by atoms with Gasteiger partial charge < -0.3 is 0 Å². The predicted octanol–water partition coefficient (Wildman–Crippen LogP) is 1.21. The molecule has 0 bridgehead atoms. The number of carbonyl (C=O) groups excluding carboxylic acids is 3. The molecule has 0 aromatic carbocycles. The number of urea groups is 1. The first-order valence-electron chi connectivity index (χ1n) is 5.64. The van der Waals surface area contributed by atoms with Gasteiger partial charge in [-0.15, -0.1) is 6.58 Å². The Kier molecular flexibility index (Phi) is 3.70. The molecular weight excluding hydrogens is 220 g/mol. The molecular formula is C12H18N2O3. The molecule has 17 heavy (non-hydrogen) atoms. The van der Waals surface area contributed by atoms with Crippen LogP contribution in [0.2, 0.25) is 0 Å². The molecule has 0 radical (unpaired) electrons. The van der Waals surface area contributed by atoms with Crippen LogP contribution in [0.1, 0.15) is 27.2 Å². The van der Waals surface area contributed by atoms with Gasteiger partial charge in [0.15, 0.2) is 0 Å². The highest BCUT2D eigenvalue weighted by Gasteiger charge is 2.53. The first-order valence-corrected chi connectivity index (χ1v) is 5.64. The molecule has 94 valence electrons. The van der Waals surface area contributed by atoms with Crippen LogP contribution in [-0.4, -0.2) is 17.8 Å². The average molecular weight is 238 g/mol. The molecule has 1 aliphatic heterocycles. The van der Waals surface area contributed by atoms with Gasteiger partial charge in [-0.2, -0.15) is 0 Å². The van der Waals surface area contributed by atoms with Crippen molar-refractivity contribution in [3.8, 4) is 0 Å². The molecule has 2 N–H and O–H groups in total. The van der Waals surface area contributed by atoms with Crippen molar-refractivity contribution in [2.24, 2.45) is 17.3 Å². The summed E-state index contributed by atoms with van der Waals surface area (Å²) in [6.07, 6.45) is 1.95. The Morgan fingerprint density at radius 3 is 2.00 bits per heavy atom. The van der Waals surface area contributed by atoms with Gasteiger partial charge in [-0.05, 0) is 18.3 Å². The van der Waals surface area contributed by atoms with Crippen molar-refractivity contribution in [1.29, 1.82) is 0 Å². The van der Waals surface area contributed by atoms with Crippen molar-refractivity contribution in [2.45, 2.75) is 27.2 Å². The monoisotopic (exact) mass is 238 g/mol. The fraction of sp³-hybridized carbons (Fsp3) is 0.583. The van der Waals surface area contributed by atoms with Gasteiger partial charge >= 0.3 is 6.03 Å². The number of hydrogen-bond acceptors (Lipinski definition) is 3. The first kappa shape index (κ1) is 13.4. The fourth-order valence-corrected chi connectivity index (χ4v) is 2.19. The lowest BCUT2D eigenvalue weighted by Gasteiger charge is -2.38. The Hall–Kier alpha value is -1.65. The Morgan fingerprint density at radius 1 is 1.18 bits per heavy atom. The molecule has 0 aliphatic carbocycles. The first-order chi connectivity index (χ1) is 7.84. The van der Waals surface area contributed by atoms with Gasteiger partial charge in [0, 0.05) is 0 Å². The van der Waals surface area contributed by atoms with Crippen LogP contribution in [0.4, 0.5) is 4.79 Å². The van der Waals surface area contributed by atoms with Crippen LogP contribution >= 0.6 is 0 Å². The van der Waals surface area contributed by atoms with E-state index in [2.05, 4.69) is 17.2 Å². The highest BCUT2D eigenvalue weighted by atomic mass is 16.2. The van der Waals surface area contributed by atoms with Gasteiger partial charge in [-0.25, -0.2) is 4.79 Å². The van der Waals surface area contributed by atoms with Gasteiger partial charge in [0.05, 0.1) is 0 Å². The molecule has 1 fully saturated rings. The molecule has 1 aliphatic rings. The Bertz CT molecular complexity index is 354. The van der Waals surface area contributed by atoms with E-state index in [1.807, 2.05) is 13.8 Å². The molecule has 5 heteroatoms. The molecule has 1 unspecified atom stereocenters. The van der Waals surface area contributed by atoms with E-state index >= 15 is 0 Å². The maximum absolute atomic E-state index is 12.0. The third-order valence-electron chi connectivity index (χ3n) is 3.13. The van der Waals surface area contributed by atoms with Crippen LogP contribution in [-0.2, 0) is 9.59 Å². The number of carbonyl (C=O) groups is 3. The van der Waals surface area contributed by atoms with E-state index in [0.717, 1.165) is 0 Å². The van der Waals surface area contributed by atoms with E-state index in [1.54, 1.807) is 13.0 Å². The zero-order chi connectivity index (χ0) is 13.2. The number of hydrogen-bond donors (Lipinski definition) is 2. The van der Waals surface area contributed by atoms with Crippen LogP contribution in [0.5, 0.6) is 0 Å². The second-order valence-corrected chi connectivity index (χ2v) is 4.83. The molecule has 4 amide bonds. The van der Waals surface area contributed by atoms with Crippen LogP contribution in [0.25, 0.3) is 0 Å². The van der Waals surface area contributed by atoms with Crippen LogP contribution < -0.4 is 10.6 Å². The minimum atomic E-state index is -1.23. The summed E-state index contributed by atoms with van der Waals surface area (Å²) < 4.78 is 0. The van der Waals surface area contributed by atoms with Crippen molar-refractivity contribution in [2.75, 3.05) is 0 Å². The molecule has 0 saturated carbocycles. The summed E-state index contributed by atoms with van der Waals surface area (Å²) in [5.74, 6) is -1.25. The maximum Gasteiger partial charge on any atom is 0.328 e. The Balaban J connectivity index is 3.20. The number of nitrogens with one attached hydrogen (secondary N) is 2. The van der Waals surface area contributed by atoms with Gasteiger partial charge in [0.25, 0.3) is 0 Å². The molecule has 5 nitrogen and oxygen atoms in total. The van der Waals surface area contributed by atoms with Crippen LogP contribution in [0, 0.1) is 17.3 Å². The van der Waals surface area contributed by atoms with Crippen molar-refractivity contribution < 1.29 is 14.4 Å². The van der Waals surface area contributed by atoms with Gasteiger partial charge in [0.2, 0.25) is 11.8 Å². The summed E-state index contributed by atoms with van der Waals surface area (Å²) in [6.45, 7) is 9.24. The zero-order valence-electron chi connectivity index (χ0n) is 10.4. The standard InChI is InChI=1S/C12H18N2O3/c1-5-8(4)12(6-7(2)3)9(15)13-11(17)14-10(12)16/h5,7-8H,1,6H2,2-4H3,(H2,13,14,15,16,17). The minimum absolute atomic E-state index is 0.155. The van der Waals surface area contributed by atoms with Crippen molar-refractivity contribution in [3.63, 3.8) is 0 Å².